The number of methoxy groups -OCH3 is 1. The van der Waals surface area contributed by atoms with Gasteiger partial charge in [0.2, 0.25) is 0 Å². The zero-order valence-corrected chi connectivity index (χ0v) is 15.1. The van der Waals surface area contributed by atoms with Gasteiger partial charge in [-0.15, -0.1) is 0 Å². The molecule has 25 heavy (non-hydrogen) atoms. The van der Waals surface area contributed by atoms with Gasteiger partial charge in [0.15, 0.2) is 0 Å². The molecule has 1 aliphatic heterocycles. The Balaban J connectivity index is 1.42. The van der Waals surface area contributed by atoms with E-state index >= 15 is 0 Å². The Labute approximate surface area is 149 Å². The van der Waals surface area contributed by atoms with Crippen molar-refractivity contribution in [1.29, 1.82) is 0 Å². The lowest BCUT2D eigenvalue weighted by Crippen LogP contribution is -2.31. The van der Waals surface area contributed by atoms with Gasteiger partial charge in [-0.05, 0) is 55.5 Å². The summed E-state index contributed by atoms with van der Waals surface area (Å²) in [6.45, 7) is 5.84. The standard InChI is InChI=1S/C19H28FN3O2/c1-3-23(8-4-7-21-19(24)25-2)12-13-9-15(13)17-11-22-18-6-5-14(20)10-16(17)18/h5-6,11,13,15-16,22H,3-4,7-10,12H2,1-2H3,(H,21,24). The molecule has 0 spiro atoms. The highest BCUT2D eigenvalue weighted by Gasteiger charge is 2.45. The third kappa shape index (κ3) is 4.42. The van der Waals surface area contributed by atoms with Crippen LogP contribution in [0, 0.1) is 17.8 Å². The Hall–Kier alpha value is -1.82. The highest BCUT2D eigenvalue weighted by Crippen LogP contribution is 2.51. The Kier molecular flexibility index (Phi) is 5.78. The predicted octanol–water partition coefficient (Wildman–Crippen LogP) is 2.93. The SMILES string of the molecule is CCN(CCCNC(=O)OC)CC1CC1C1=CNC2=CC=C(F)CC21. The molecule has 0 aromatic carbocycles. The summed E-state index contributed by atoms with van der Waals surface area (Å²) >= 11 is 0. The number of hydrogen-bond acceptors (Lipinski definition) is 4. The lowest BCUT2D eigenvalue weighted by Gasteiger charge is -2.21. The summed E-state index contributed by atoms with van der Waals surface area (Å²) in [6.07, 6.45) is 7.78. The highest BCUT2D eigenvalue weighted by atomic mass is 19.1. The molecule has 0 bridgehead atoms. The van der Waals surface area contributed by atoms with Crippen LogP contribution in [0.2, 0.25) is 0 Å². The van der Waals surface area contributed by atoms with E-state index in [-0.39, 0.29) is 17.8 Å². The number of rotatable bonds is 8. The summed E-state index contributed by atoms with van der Waals surface area (Å²) in [5.74, 6) is 1.44. The molecule has 1 saturated carbocycles. The number of carbonyl (C=O) groups is 1. The molecule has 1 amide bonds. The number of carbonyl (C=O) groups excluding carboxylic acids is 1. The van der Waals surface area contributed by atoms with E-state index < -0.39 is 0 Å². The van der Waals surface area contributed by atoms with Crippen LogP contribution >= 0.6 is 0 Å². The van der Waals surface area contributed by atoms with E-state index in [0.717, 1.165) is 31.8 Å². The van der Waals surface area contributed by atoms with Gasteiger partial charge in [0.25, 0.3) is 0 Å². The van der Waals surface area contributed by atoms with Gasteiger partial charge in [0, 0.05) is 37.3 Å². The zero-order chi connectivity index (χ0) is 17.8. The van der Waals surface area contributed by atoms with Crippen LogP contribution in [-0.4, -0.2) is 44.3 Å². The van der Waals surface area contributed by atoms with Crippen molar-refractivity contribution in [3.63, 3.8) is 0 Å². The van der Waals surface area contributed by atoms with Crippen LogP contribution in [0.4, 0.5) is 9.18 Å². The Morgan fingerprint density at radius 2 is 2.32 bits per heavy atom. The first-order valence-corrected chi connectivity index (χ1v) is 9.19. The molecule has 1 heterocycles. The number of fused-ring (bicyclic) bond motifs is 1. The quantitative estimate of drug-likeness (QED) is 0.662. The number of nitrogens with one attached hydrogen (secondary N) is 2. The lowest BCUT2D eigenvalue weighted by molar-refractivity contribution is 0.170. The van der Waals surface area contributed by atoms with Gasteiger partial charge >= 0.3 is 6.09 Å². The van der Waals surface area contributed by atoms with Crippen LogP contribution in [0.1, 0.15) is 26.2 Å². The molecular weight excluding hydrogens is 321 g/mol. The minimum Gasteiger partial charge on any atom is -0.453 e. The third-order valence-electron chi connectivity index (χ3n) is 5.42. The molecule has 0 saturated heterocycles. The highest BCUT2D eigenvalue weighted by molar-refractivity contribution is 5.66. The van der Waals surface area contributed by atoms with E-state index in [0.29, 0.717) is 24.8 Å². The maximum absolute atomic E-state index is 13.6. The van der Waals surface area contributed by atoms with Gasteiger partial charge in [0.05, 0.1) is 7.11 Å². The molecule has 138 valence electrons. The fourth-order valence-electron chi connectivity index (χ4n) is 3.88. The molecule has 2 aliphatic carbocycles. The molecule has 0 aromatic rings. The maximum atomic E-state index is 13.6. The number of allylic oxidation sites excluding steroid dienone is 4. The van der Waals surface area contributed by atoms with Gasteiger partial charge in [-0.25, -0.2) is 9.18 Å². The number of hydrogen-bond donors (Lipinski definition) is 2. The average molecular weight is 349 g/mol. The second-order valence-corrected chi connectivity index (χ2v) is 7.05. The summed E-state index contributed by atoms with van der Waals surface area (Å²) < 4.78 is 18.2. The molecule has 3 rings (SSSR count). The van der Waals surface area contributed by atoms with Crippen molar-refractivity contribution in [2.24, 2.45) is 17.8 Å². The molecule has 5 nitrogen and oxygen atoms in total. The largest absolute Gasteiger partial charge is 0.453 e. The second-order valence-electron chi connectivity index (χ2n) is 7.05. The molecule has 3 aliphatic rings. The van der Waals surface area contributed by atoms with E-state index in [1.54, 1.807) is 6.08 Å². The van der Waals surface area contributed by atoms with Crippen LogP contribution in [0.5, 0.6) is 0 Å². The number of alkyl carbamates (subject to hydrolysis) is 1. The third-order valence-corrected chi connectivity index (χ3v) is 5.42. The summed E-state index contributed by atoms with van der Waals surface area (Å²) in [6, 6.07) is 0. The average Bonchev–Trinajstić information content (AvgIpc) is 3.25. The number of halogens is 1. The van der Waals surface area contributed by atoms with Crippen molar-refractivity contribution in [2.45, 2.75) is 26.2 Å². The fourth-order valence-corrected chi connectivity index (χ4v) is 3.88. The fraction of sp³-hybridized carbons (Fsp3) is 0.632. The van der Waals surface area contributed by atoms with Gasteiger partial charge in [-0.2, -0.15) is 0 Å². The van der Waals surface area contributed by atoms with E-state index in [4.69, 9.17) is 0 Å². The van der Waals surface area contributed by atoms with Crippen LogP contribution in [-0.2, 0) is 4.74 Å². The van der Waals surface area contributed by atoms with Crippen LogP contribution < -0.4 is 10.6 Å². The normalized spacial score (nSPS) is 27.0. The first kappa shape index (κ1) is 18.0. The molecule has 3 atom stereocenters. The summed E-state index contributed by atoms with van der Waals surface area (Å²) in [7, 11) is 1.38. The maximum Gasteiger partial charge on any atom is 0.406 e. The number of amides is 1. The zero-order valence-electron chi connectivity index (χ0n) is 15.1. The van der Waals surface area contributed by atoms with Gasteiger partial charge in [-0.3, -0.25) is 0 Å². The molecule has 1 fully saturated rings. The van der Waals surface area contributed by atoms with E-state index in [1.165, 1.54) is 19.1 Å². The lowest BCUT2D eigenvalue weighted by atomic mass is 9.88. The molecule has 0 aromatic heterocycles. The topological polar surface area (TPSA) is 53.6 Å². The molecular formula is C19H28FN3O2. The minimum absolute atomic E-state index is 0.0196. The first-order valence-electron chi connectivity index (χ1n) is 9.19. The van der Waals surface area contributed by atoms with Crippen molar-refractivity contribution >= 4 is 6.09 Å². The Morgan fingerprint density at radius 3 is 3.08 bits per heavy atom. The van der Waals surface area contributed by atoms with Crippen molar-refractivity contribution in [1.82, 2.24) is 15.5 Å². The van der Waals surface area contributed by atoms with E-state index in [9.17, 15) is 9.18 Å². The number of nitrogens with zero attached hydrogens (tertiary/aromatic N) is 1. The molecule has 2 N–H and O–H groups in total. The van der Waals surface area contributed by atoms with Gasteiger partial charge in [-0.1, -0.05) is 6.92 Å². The van der Waals surface area contributed by atoms with Crippen LogP contribution in [0.3, 0.4) is 0 Å². The van der Waals surface area contributed by atoms with E-state index in [2.05, 4.69) is 33.4 Å². The Morgan fingerprint density at radius 1 is 1.48 bits per heavy atom. The summed E-state index contributed by atoms with van der Waals surface area (Å²) in [5, 5.41) is 6.04. The summed E-state index contributed by atoms with van der Waals surface area (Å²) in [4.78, 5) is 13.5. The minimum atomic E-state index is -0.372. The second kappa shape index (κ2) is 8.04. The van der Waals surface area contributed by atoms with Gasteiger partial charge < -0.3 is 20.3 Å². The van der Waals surface area contributed by atoms with Crippen molar-refractivity contribution in [3.8, 4) is 0 Å². The summed E-state index contributed by atoms with van der Waals surface area (Å²) in [5.41, 5.74) is 2.52. The predicted molar refractivity (Wildman–Crippen MR) is 95.3 cm³/mol. The van der Waals surface area contributed by atoms with Crippen molar-refractivity contribution in [3.05, 3.63) is 35.4 Å². The van der Waals surface area contributed by atoms with Gasteiger partial charge in [0.1, 0.15) is 5.83 Å². The van der Waals surface area contributed by atoms with Crippen molar-refractivity contribution in [2.75, 3.05) is 33.3 Å². The Bertz CT molecular complexity index is 599. The van der Waals surface area contributed by atoms with Crippen LogP contribution in [0.15, 0.2) is 35.4 Å². The molecule has 3 unspecified atom stereocenters. The molecule has 0 radical (unpaired) electrons. The van der Waals surface area contributed by atoms with Crippen LogP contribution in [0.25, 0.3) is 0 Å². The number of ether oxygens (including phenoxy) is 1. The first-order chi connectivity index (χ1) is 12.1. The van der Waals surface area contributed by atoms with E-state index in [1.807, 2.05) is 6.08 Å². The monoisotopic (exact) mass is 349 g/mol. The molecule has 6 heteroatoms. The smallest absolute Gasteiger partial charge is 0.406 e. The van der Waals surface area contributed by atoms with Crippen molar-refractivity contribution < 1.29 is 13.9 Å².